The zero-order chi connectivity index (χ0) is 22.2. The second kappa shape index (κ2) is 11.4. The average molecular weight is 431 g/mol. The van der Waals surface area contributed by atoms with Gasteiger partial charge in [-0.15, -0.1) is 0 Å². The molecule has 7 nitrogen and oxygen atoms in total. The van der Waals surface area contributed by atoms with Crippen molar-refractivity contribution in [2.75, 3.05) is 33.9 Å². The summed E-state index contributed by atoms with van der Waals surface area (Å²) in [4.78, 5) is 18.4. The van der Waals surface area contributed by atoms with Gasteiger partial charge in [0.15, 0.2) is 5.96 Å². The fraction of sp³-hybridized carbons (Fsp3) is 0.667. The maximum atomic E-state index is 12.2. The first-order valence-electron chi connectivity index (χ1n) is 11.6. The molecular weight excluding hydrogens is 392 g/mol. The third kappa shape index (κ3) is 6.35. The molecule has 0 spiro atoms. The van der Waals surface area contributed by atoms with Crippen molar-refractivity contribution in [3.63, 3.8) is 0 Å². The van der Waals surface area contributed by atoms with Crippen LogP contribution in [0.5, 0.6) is 5.75 Å². The summed E-state index contributed by atoms with van der Waals surface area (Å²) in [5.41, 5.74) is 1.13. The molecule has 1 amide bonds. The smallest absolute Gasteiger partial charge is 0.243 e. The van der Waals surface area contributed by atoms with Gasteiger partial charge in [-0.3, -0.25) is 4.79 Å². The number of carbonyl (C=O) groups is 1. The number of rotatable bonds is 7. The number of hydrogen-bond donors (Lipinski definition) is 2. The third-order valence-electron chi connectivity index (χ3n) is 6.37. The zero-order valence-electron chi connectivity index (χ0n) is 19.4. The Balaban J connectivity index is 1.73. The Kier molecular flexibility index (Phi) is 8.58. The van der Waals surface area contributed by atoms with E-state index in [2.05, 4.69) is 35.5 Å². The molecular formula is C24H38N4O3. The summed E-state index contributed by atoms with van der Waals surface area (Å²) >= 11 is 0. The Morgan fingerprint density at radius 1 is 1.16 bits per heavy atom. The molecule has 172 valence electrons. The van der Waals surface area contributed by atoms with Gasteiger partial charge in [-0.25, -0.2) is 4.99 Å². The van der Waals surface area contributed by atoms with E-state index in [1.165, 1.54) is 0 Å². The summed E-state index contributed by atoms with van der Waals surface area (Å²) in [6, 6.07) is 8.48. The number of nitrogens with one attached hydrogen (secondary N) is 2. The molecule has 3 rings (SSSR count). The molecule has 0 saturated carbocycles. The predicted molar refractivity (Wildman–Crippen MR) is 123 cm³/mol. The molecule has 1 fully saturated rings. The van der Waals surface area contributed by atoms with Gasteiger partial charge in [0.1, 0.15) is 12.3 Å². The number of likely N-dealkylation sites (N-methyl/N-ethyl adjacent to an activating group) is 1. The molecule has 1 aromatic rings. The highest BCUT2D eigenvalue weighted by Crippen LogP contribution is 2.31. The number of nitrogens with zero attached hydrogens (tertiary/aromatic N) is 2. The first-order valence-corrected chi connectivity index (χ1v) is 11.6. The van der Waals surface area contributed by atoms with Crippen molar-refractivity contribution in [2.45, 2.75) is 64.1 Å². The monoisotopic (exact) mass is 430 g/mol. The summed E-state index contributed by atoms with van der Waals surface area (Å²) in [5, 5.41) is 7.18. The molecule has 3 atom stereocenters. The van der Waals surface area contributed by atoms with Crippen LogP contribution in [0, 0.1) is 5.92 Å². The minimum absolute atomic E-state index is 0.0182. The predicted octanol–water partition coefficient (Wildman–Crippen LogP) is 3.12. The first kappa shape index (κ1) is 23.4. The molecule has 2 aliphatic heterocycles. The fourth-order valence-electron chi connectivity index (χ4n) is 4.37. The van der Waals surface area contributed by atoms with Crippen LogP contribution in [0.15, 0.2) is 29.3 Å². The molecule has 0 radical (unpaired) electrons. The van der Waals surface area contributed by atoms with Crippen molar-refractivity contribution < 1.29 is 14.3 Å². The van der Waals surface area contributed by atoms with E-state index in [1.54, 1.807) is 19.0 Å². The van der Waals surface area contributed by atoms with Gasteiger partial charge in [0.2, 0.25) is 5.91 Å². The highest BCUT2D eigenvalue weighted by molar-refractivity contribution is 5.85. The summed E-state index contributed by atoms with van der Waals surface area (Å²) in [5.74, 6) is 2.16. The highest BCUT2D eigenvalue weighted by Gasteiger charge is 2.29. The first-order chi connectivity index (χ1) is 15.0. The summed E-state index contributed by atoms with van der Waals surface area (Å²) in [6.07, 6.45) is 5.27. The van der Waals surface area contributed by atoms with E-state index in [4.69, 9.17) is 9.47 Å². The van der Waals surface area contributed by atoms with E-state index in [1.807, 2.05) is 18.2 Å². The topological polar surface area (TPSA) is 75.2 Å². The average Bonchev–Trinajstić information content (AvgIpc) is 2.78. The Hall–Kier alpha value is -2.28. The minimum atomic E-state index is -0.0182. The molecule has 7 heteroatoms. The van der Waals surface area contributed by atoms with Gasteiger partial charge < -0.3 is 25.0 Å². The van der Waals surface area contributed by atoms with Gasteiger partial charge in [-0.2, -0.15) is 0 Å². The quantitative estimate of drug-likeness (QED) is 0.514. The maximum absolute atomic E-state index is 12.2. The molecule has 2 aliphatic rings. The van der Waals surface area contributed by atoms with Gasteiger partial charge in [-0.05, 0) is 24.8 Å². The molecule has 1 saturated heterocycles. The largest absolute Gasteiger partial charge is 0.493 e. The number of carbonyl (C=O) groups excluding carboxylic acids is 1. The van der Waals surface area contributed by atoms with E-state index in [9.17, 15) is 4.79 Å². The summed E-state index contributed by atoms with van der Waals surface area (Å²) < 4.78 is 11.9. The molecule has 2 N–H and O–H groups in total. The second-order valence-corrected chi connectivity index (χ2v) is 8.68. The lowest BCUT2D eigenvalue weighted by Gasteiger charge is -2.36. The van der Waals surface area contributed by atoms with Crippen LogP contribution in [0.25, 0.3) is 0 Å². The van der Waals surface area contributed by atoms with Gasteiger partial charge >= 0.3 is 0 Å². The SMILES string of the molecule is CCC(CC)C1CC(NC(=NCC(=O)N(C)C)NC2CCOc3ccccc32)CCO1. The highest BCUT2D eigenvalue weighted by atomic mass is 16.5. The Bertz CT molecular complexity index is 748. The molecule has 3 unspecified atom stereocenters. The van der Waals surface area contributed by atoms with Crippen LogP contribution in [-0.4, -0.2) is 62.8 Å². The van der Waals surface area contributed by atoms with Crippen LogP contribution in [0.1, 0.15) is 57.6 Å². The van der Waals surface area contributed by atoms with Crippen molar-refractivity contribution in [1.29, 1.82) is 0 Å². The molecule has 1 aromatic carbocycles. The standard InChI is InChI=1S/C24H38N4O3/c1-5-17(6-2)22-15-18(11-13-31-22)26-24(25-16-23(29)28(3)4)27-20-12-14-30-21-10-8-7-9-19(20)21/h7-10,17-18,20,22H,5-6,11-16H2,1-4H3,(H2,25,26,27). The van der Waals surface area contributed by atoms with E-state index < -0.39 is 0 Å². The van der Waals surface area contributed by atoms with Gasteiger partial charge in [0, 0.05) is 38.7 Å². The van der Waals surface area contributed by atoms with Crippen molar-refractivity contribution >= 4 is 11.9 Å². The Morgan fingerprint density at radius 3 is 2.68 bits per heavy atom. The van der Waals surface area contributed by atoms with Crippen LogP contribution in [-0.2, 0) is 9.53 Å². The van der Waals surface area contributed by atoms with Crippen molar-refractivity contribution in [1.82, 2.24) is 15.5 Å². The number of para-hydroxylation sites is 1. The summed E-state index contributed by atoms with van der Waals surface area (Å²) in [6.45, 7) is 6.00. The number of aliphatic imine (C=N–C) groups is 1. The van der Waals surface area contributed by atoms with E-state index >= 15 is 0 Å². The van der Waals surface area contributed by atoms with Crippen LogP contribution in [0.4, 0.5) is 0 Å². The fourth-order valence-corrected chi connectivity index (χ4v) is 4.37. The number of ether oxygens (including phenoxy) is 2. The molecule has 31 heavy (non-hydrogen) atoms. The number of guanidine groups is 1. The minimum Gasteiger partial charge on any atom is -0.493 e. The molecule has 0 aromatic heterocycles. The molecule has 0 bridgehead atoms. The van der Waals surface area contributed by atoms with Gasteiger partial charge in [-0.1, -0.05) is 44.9 Å². The van der Waals surface area contributed by atoms with Crippen molar-refractivity contribution in [3.8, 4) is 5.75 Å². The zero-order valence-corrected chi connectivity index (χ0v) is 19.4. The van der Waals surface area contributed by atoms with E-state index in [0.717, 1.165) is 50.0 Å². The van der Waals surface area contributed by atoms with Crippen molar-refractivity contribution in [2.24, 2.45) is 10.9 Å². The number of amides is 1. The summed E-state index contributed by atoms with van der Waals surface area (Å²) in [7, 11) is 3.51. The number of fused-ring (bicyclic) bond motifs is 1. The lowest BCUT2D eigenvalue weighted by Crippen LogP contribution is -2.50. The Morgan fingerprint density at radius 2 is 1.94 bits per heavy atom. The number of hydrogen-bond acceptors (Lipinski definition) is 4. The molecule has 0 aliphatic carbocycles. The second-order valence-electron chi connectivity index (χ2n) is 8.68. The van der Waals surface area contributed by atoms with Crippen LogP contribution < -0.4 is 15.4 Å². The molecule has 2 heterocycles. The lowest BCUT2D eigenvalue weighted by molar-refractivity contribution is -0.127. The van der Waals surface area contributed by atoms with E-state index in [0.29, 0.717) is 18.5 Å². The lowest BCUT2D eigenvalue weighted by atomic mass is 9.89. The van der Waals surface area contributed by atoms with Crippen LogP contribution >= 0.6 is 0 Å². The Labute approximate surface area is 186 Å². The normalized spacial score (nSPS) is 23.6. The van der Waals surface area contributed by atoms with Crippen molar-refractivity contribution in [3.05, 3.63) is 29.8 Å². The number of benzene rings is 1. The van der Waals surface area contributed by atoms with Gasteiger partial charge in [0.05, 0.1) is 18.8 Å². The third-order valence-corrected chi connectivity index (χ3v) is 6.37. The van der Waals surface area contributed by atoms with Crippen LogP contribution in [0.3, 0.4) is 0 Å². The van der Waals surface area contributed by atoms with Gasteiger partial charge in [0.25, 0.3) is 0 Å². The maximum Gasteiger partial charge on any atom is 0.243 e. The van der Waals surface area contributed by atoms with E-state index in [-0.39, 0.29) is 30.6 Å². The van der Waals surface area contributed by atoms with Crippen LogP contribution in [0.2, 0.25) is 0 Å².